The molecule has 0 heterocycles. The van der Waals surface area contributed by atoms with Crippen LogP contribution in [0.5, 0.6) is 11.5 Å². The lowest BCUT2D eigenvalue weighted by Crippen LogP contribution is -2.27. The van der Waals surface area contributed by atoms with Gasteiger partial charge in [-0.25, -0.2) is 0 Å². The highest BCUT2D eigenvalue weighted by Crippen LogP contribution is 2.25. The summed E-state index contributed by atoms with van der Waals surface area (Å²) in [5.74, 6) is 0.884. The molecular formula is C31H30N4O4. The monoisotopic (exact) mass is 522 g/mol. The summed E-state index contributed by atoms with van der Waals surface area (Å²) in [6.45, 7) is 0. The van der Waals surface area contributed by atoms with Gasteiger partial charge in [-0.1, -0.05) is 36.4 Å². The van der Waals surface area contributed by atoms with E-state index >= 15 is 0 Å². The maximum atomic E-state index is 13.4. The molecule has 1 unspecified atom stereocenters. The number of carbonyl (C=O) groups excluding carboxylic acids is 2. The van der Waals surface area contributed by atoms with Gasteiger partial charge < -0.3 is 31.2 Å². The average molecular weight is 523 g/mol. The summed E-state index contributed by atoms with van der Waals surface area (Å²) in [6.07, 6.45) is 3.13. The molecule has 0 radical (unpaired) electrons. The molecule has 0 bridgehead atoms. The van der Waals surface area contributed by atoms with Gasteiger partial charge in [0.1, 0.15) is 17.5 Å². The van der Waals surface area contributed by atoms with Crippen molar-refractivity contribution < 1.29 is 19.1 Å². The van der Waals surface area contributed by atoms with Crippen molar-refractivity contribution in [2.75, 3.05) is 35.9 Å². The molecule has 2 amide bonds. The first-order chi connectivity index (χ1) is 18.9. The van der Waals surface area contributed by atoms with Crippen molar-refractivity contribution in [2.45, 2.75) is 6.04 Å². The number of hydrogen-bond donors (Lipinski definition) is 4. The Bertz CT molecular complexity index is 1430. The van der Waals surface area contributed by atoms with Gasteiger partial charge in [-0.3, -0.25) is 9.59 Å². The molecule has 198 valence electrons. The number of hydrogen-bond acceptors (Lipinski definition) is 6. The number of nitrogen functional groups attached to an aromatic ring is 1. The fourth-order valence-corrected chi connectivity index (χ4v) is 3.80. The molecule has 0 aliphatic heterocycles. The third kappa shape index (κ3) is 7.39. The number of rotatable bonds is 10. The van der Waals surface area contributed by atoms with Gasteiger partial charge in [0.15, 0.2) is 0 Å². The first kappa shape index (κ1) is 26.8. The van der Waals surface area contributed by atoms with E-state index in [-0.39, 0.29) is 11.8 Å². The lowest BCUT2D eigenvalue weighted by atomic mass is 10.0. The highest BCUT2D eigenvalue weighted by molar-refractivity contribution is 6.03. The first-order valence-electron chi connectivity index (χ1n) is 12.2. The quantitative estimate of drug-likeness (QED) is 0.156. The van der Waals surface area contributed by atoms with Crippen molar-refractivity contribution >= 4 is 40.6 Å². The maximum Gasteiger partial charge on any atom is 0.251 e. The number of ether oxygens (including phenoxy) is 2. The molecule has 0 aliphatic carbocycles. The van der Waals surface area contributed by atoms with Gasteiger partial charge >= 0.3 is 0 Å². The number of nitrogens with one attached hydrogen (secondary N) is 3. The van der Waals surface area contributed by atoms with Crippen LogP contribution in [0.3, 0.4) is 0 Å². The molecule has 0 spiro atoms. The summed E-state index contributed by atoms with van der Waals surface area (Å²) in [5, 5.41) is 9.02. The molecule has 8 nitrogen and oxygen atoms in total. The maximum absolute atomic E-state index is 13.4. The van der Waals surface area contributed by atoms with Crippen molar-refractivity contribution in [3.05, 3.63) is 114 Å². The number of amides is 2. The summed E-state index contributed by atoms with van der Waals surface area (Å²) < 4.78 is 10.4. The molecule has 1 atom stereocenters. The zero-order valence-electron chi connectivity index (χ0n) is 21.7. The van der Waals surface area contributed by atoms with E-state index in [1.54, 1.807) is 68.8 Å². The fourth-order valence-electron chi connectivity index (χ4n) is 3.80. The van der Waals surface area contributed by atoms with Crippen LogP contribution in [0, 0.1) is 0 Å². The van der Waals surface area contributed by atoms with E-state index in [1.807, 2.05) is 48.5 Å². The van der Waals surface area contributed by atoms with E-state index in [1.165, 1.54) is 6.08 Å². The van der Waals surface area contributed by atoms with Crippen molar-refractivity contribution in [1.29, 1.82) is 0 Å². The molecule has 0 fully saturated rings. The van der Waals surface area contributed by atoms with Crippen LogP contribution in [0.25, 0.3) is 6.08 Å². The Morgan fingerprint density at radius 2 is 1.33 bits per heavy atom. The smallest absolute Gasteiger partial charge is 0.251 e. The number of carbonyl (C=O) groups is 2. The number of benzene rings is 4. The Hall–Kier alpha value is -5.24. The summed E-state index contributed by atoms with van der Waals surface area (Å²) in [5.41, 5.74) is 9.88. The Balaban J connectivity index is 1.50. The lowest BCUT2D eigenvalue weighted by Gasteiger charge is -2.20. The third-order valence-corrected chi connectivity index (χ3v) is 5.94. The number of anilines is 4. The van der Waals surface area contributed by atoms with E-state index < -0.39 is 6.04 Å². The zero-order chi connectivity index (χ0) is 27.6. The highest BCUT2D eigenvalue weighted by atomic mass is 16.5. The van der Waals surface area contributed by atoms with Crippen molar-refractivity contribution in [3.63, 3.8) is 0 Å². The van der Waals surface area contributed by atoms with Crippen LogP contribution < -0.4 is 31.2 Å². The van der Waals surface area contributed by atoms with Crippen molar-refractivity contribution in [2.24, 2.45) is 0 Å². The van der Waals surface area contributed by atoms with Gasteiger partial charge in [0.2, 0.25) is 5.91 Å². The predicted octanol–water partition coefficient (Wildman–Crippen LogP) is 5.73. The zero-order valence-corrected chi connectivity index (χ0v) is 21.7. The van der Waals surface area contributed by atoms with Gasteiger partial charge in [0.25, 0.3) is 5.91 Å². The van der Waals surface area contributed by atoms with Crippen LogP contribution >= 0.6 is 0 Å². The summed E-state index contributed by atoms with van der Waals surface area (Å²) in [7, 11) is 3.19. The third-order valence-electron chi connectivity index (χ3n) is 5.94. The van der Waals surface area contributed by atoms with E-state index in [0.717, 1.165) is 22.6 Å². The second-order valence-electron chi connectivity index (χ2n) is 8.60. The second-order valence-corrected chi connectivity index (χ2v) is 8.60. The van der Waals surface area contributed by atoms with E-state index in [9.17, 15) is 9.59 Å². The van der Waals surface area contributed by atoms with Crippen LogP contribution in [-0.4, -0.2) is 26.0 Å². The minimum Gasteiger partial charge on any atom is -0.497 e. The van der Waals surface area contributed by atoms with Crippen molar-refractivity contribution in [1.82, 2.24) is 0 Å². The molecule has 39 heavy (non-hydrogen) atoms. The van der Waals surface area contributed by atoms with Crippen LogP contribution in [-0.2, 0) is 9.59 Å². The first-order valence-corrected chi connectivity index (χ1v) is 12.2. The Kier molecular flexibility index (Phi) is 8.82. The normalized spacial score (nSPS) is 11.4. The Labute approximate surface area is 227 Å². The van der Waals surface area contributed by atoms with E-state index in [2.05, 4.69) is 16.0 Å². The van der Waals surface area contributed by atoms with Crippen LogP contribution in [0.4, 0.5) is 22.7 Å². The topological polar surface area (TPSA) is 115 Å². The minimum absolute atomic E-state index is 0.237. The Morgan fingerprint density at radius 1 is 0.744 bits per heavy atom. The molecule has 8 heteroatoms. The van der Waals surface area contributed by atoms with E-state index in [0.29, 0.717) is 22.8 Å². The number of methoxy groups -OCH3 is 2. The predicted molar refractivity (Wildman–Crippen MR) is 156 cm³/mol. The molecule has 0 saturated carbocycles. The van der Waals surface area contributed by atoms with Gasteiger partial charge in [0, 0.05) is 17.5 Å². The van der Waals surface area contributed by atoms with Gasteiger partial charge in [0.05, 0.1) is 25.6 Å². The minimum atomic E-state index is -0.692. The molecule has 4 aromatic carbocycles. The summed E-state index contributed by atoms with van der Waals surface area (Å²) in [6, 6.07) is 28.2. The largest absolute Gasteiger partial charge is 0.497 e. The molecular weight excluding hydrogens is 492 g/mol. The SMILES string of the molecule is COc1ccc(NC(=O)C(Nc2ccc(OC)cc2)c2ccc(/C=C/C(=O)Nc3ccccc3N)cc2)cc1. The van der Waals surface area contributed by atoms with Gasteiger partial charge in [-0.05, 0) is 77.9 Å². The lowest BCUT2D eigenvalue weighted by molar-refractivity contribution is -0.117. The second kappa shape index (κ2) is 12.8. The van der Waals surface area contributed by atoms with Crippen LogP contribution in [0.15, 0.2) is 103 Å². The molecule has 5 N–H and O–H groups in total. The molecule has 4 aromatic rings. The van der Waals surface area contributed by atoms with E-state index in [4.69, 9.17) is 15.2 Å². The molecule has 0 aromatic heterocycles. The van der Waals surface area contributed by atoms with Crippen LogP contribution in [0.1, 0.15) is 17.2 Å². The standard InChI is InChI=1S/C31H30N4O4/c1-38-25-16-12-23(13-17-25)33-30(31(37)34-24-14-18-26(39-2)19-15-24)22-10-7-21(8-11-22)9-20-29(36)35-28-6-4-3-5-27(28)32/h3-20,30,33H,32H2,1-2H3,(H,34,37)(H,35,36)/b20-9+. The number of para-hydroxylation sites is 2. The number of nitrogens with two attached hydrogens (primary N) is 1. The molecule has 0 aliphatic rings. The van der Waals surface area contributed by atoms with Crippen molar-refractivity contribution in [3.8, 4) is 11.5 Å². The van der Waals surface area contributed by atoms with Crippen LogP contribution in [0.2, 0.25) is 0 Å². The highest BCUT2D eigenvalue weighted by Gasteiger charge is 2.21. The summed E-state index contributed by atoms with van der Waals surface area (Å²) >= 11 is 0. The average Bonchev–Trinajstić information content (AvgIpc) is 2.97. The summed E-state index contributed by atoms with van der Waals surface area (Å²) in [4.78, 5) is 25.7. The van der Waals surface area contributed by atoms with Gasteiger partial charge in [-0.2, -0.15) is 0 Å². The Morgan fingerprint density at radius 3 is 1.92 bits per heavy atom. The van der Waals surface area contributed by atoms with Gasteiger partial charge in [-0.15, -0.1) is 0 Å². The molecule has 0 saturated heterocycles. The molecule has 4 rings (SSSR count). The fraction of sp³-hybridized carbons (Fsp3) is 0.0968.